The maximum Gasteiger partial charge on any atom is 0.0892 e. The van der Waals surface area contributed by atoms with E-state index < -0.39 is 12.2 Å². The molecule has 2 nitrogen and oxygen atoms in total. The van der Waals surface area contributed by atoms with Crippen molar-refractivity contribution in [2.75, 3.05) is 0 Å². The molecule has 52 heavy (non-hydrogen) atoms. The molecule has 0 unspecified atom stereocenters. The highest BCUT2D eigenvalue weighted by atomic mass is 16.3. The van der Waals surface area contributed by atoms with Crippen LogP contribution in [0.3, 0.4) is 0 Å². The third-order valence-electron chi connectivity index (χ3n) is 12.3. The Labute approximate surface area is 307 Å². The molecule has 0 bridgehead atoms. The maximum absolute atomic E-state index is 11.5. The zero-order chi connectivity index (χ0) is 35.1. The number of hydrogen-bond donors (Lipinski definition) is 2. The van der Waals surface area contributed by atoms with Gasteiger partial charge >= 0.3 is 0 Å². The van der Waals surface area contributed by atoms with Gasteiger partial charge in [-0.3, -0.25) is 0 Å². The molecule has 2 N–H and O–H groups in total. The van der Waals surface area contributed by atoms with E-state index >= 15 is 0 Å². The molecule has 6 aromatic carbocycles. The number of aliphatic hydroxyl groups excluding tert-OH is 2. The smallest absolute Gasteiger partial charge is 0.0892 e. The summed E-state index contributed by atoms with van der Waals surface area (Å²) >= 11 is 0. The van der Waals surface area contributed by atoms with Gasteiger partial charge in [-0.1, -0.05) is 181 Å². The van der Waals surface area contributed by atoms with Crippen LogP contribution < -0.4 is 0 Å². The van der Waals surface area contributed by atoms with Crippen molar-refractivity contribution < 1.29 is 10.2 Å². The largest absolute Gasteiger partial charge is 0.387 e. The van der Waals surface area contributed by atoms with Gasteiger partial charge in [0.2, 0.25) is 0 Å². The summed E-state index contributed by atoms with van der Waals surface area (Å²) in [5, 5.41) is 22.9. The molecule has 0 fully saturated rings. The fourth-order valence-electron chi connectivity index (χ4n) is 9.64. The van der Waals surface area contributed by atoms with Crippen LogP contribution in [-0.2, 0) is 38.5 Å². The van der Waals surface area contributed by atoms with Gasteiger partial charge in [0.15, 0.2) is 0 Å². The van der Waals surface area contributed by atoms with Crippen LogP contribution in [0.4, 0.5) is 0 Å². The third kappa shape index (κ3) is 5.68. The highest BCUT2D eigenvalue weighted by molar-refractivity contribution is 5.68. The maximum atomic E-state index is 11.5. The molecule has 4 aliphatic carbocycles. The number of benzene rings is 6. The molecular formula is C50H44O2. The molecule has 6 aromatic rings. The normalized spacial score (nSPS) is 23.4. The van der Waals surface area contributed by atoms with Gasteiger partial charge in [-0.05, 0) is 94.2 Å². The minimum absolute atomic E-state index is 0.260. The van der Waals surface area contributed by atoms with E-state index in [-0.39, 0.29) is 10.8 Å². The van der Waals surface area contributed by atoms with Crippen molar-refractivity contribution in [3.8, 4) is 0 Å². The summed E-state index contributed by atoms with van der Waals surface area (Å²) in [6.45, 7) is 0. The van der Waals surface area contributed by atoms with E-state index in [1.54, 1.807) is 0 Å². The van der Waals surface area contributed by atoms with Crippen LogP contribution in [0.15, 0.2) is 169 Å². The molecule has 0 aromatic heterocycles. The highest BCUT2D eigenvalue weighted by Gasteiger charge is 2.49. The van der Waals surface area contributed by atoms with Crippen molar-refractivity contribution in [2.45, 2.75) is 50.7 Å². The average Bonchev–Trinajstić information content (AvgIpc) is 3.96. The first-order chi connectivity index (χ1) is 25.5. The Balaban J connectivity index is 0.000000138. The van der Waals surface area contributed by atoms with Crippen molar-refractivity contribution >= 4 is 12.2 Å². The lowest BCUT2D eigenvalue weighted by atomic mass is 9.70. The number of aliphatic hydroxyl groups is 2. The summed E-state index contributed by atoms with van der Waals surface area (Å²) in [7, 11) is 0. The van der Waals surface area contributed by atoms with E-state index in [9.17, 15) is 10.2 Å². The molecule has 0 amide bonds. The monoisotopic (exact) mass is 676 g/mol. The molecule has 0 heterocycles. The lowest BCUT2D eigenvalue weighted by molar-refractivity contribution is 0.0650. The second kappa shape index (κ2) is 13.4. The van der Waals surface area contributed by atoms with Crippen LogP contribution in [0.1, 0.15) is 67.8 Å². The van der Waals surface area contributed by atoms with E-state index in [1.165, 1.54) is 55.7 Å². The fraction of sp³-hybridized carbons (Fsp3) is 0.200. The second-order valence-corrected chi connectivity index (χ2v) is 15.3. The Morgan fingerprint density at radius 1 is 0.404 bits per heavy atom. The van der Waals surface area contributed by atoms with Gasteiger partial charge in [-0.2, -0.15) is 0 Å². The molecular weight excluding hydrogens is 633 g/mol. The number of fused-ring (bicyclic) bond motifs is 4. The standard InChI is InChI=1S/2C25H22O/c2*26-24-23-13-7-6-12-21(23)17-25(24,16-18-8-2-1-3-9-18)22-14-19-10-4-5-11-20(19)15-22/h2*1-14,24,26H,15-17H2/t24-,25+;24-,25-/m01/s1. The molecule has 256 valence electrons. The van der Waals surface area contributed by atoms with Crippen LogP contribution in [0.5, 0.6) is 0 Å². The van der Waals surface area contributed by atoms with Crippen LogP contribution >= 0.6 is 0 Å². The summed E-state index contributed by atoms with van der Waals surface area (Å²) in [5.41, 5.74) is 14.9. The molecule has 0 spiro atoms. The molecule has 0 aliphatic heterocycles. The van der Waals surface area contributed by atoms with E-state index in [1.807, 2.05) is 12.1 Å². The molecule has 10 rings (SSSR count). The van der Waals surface area contributed by atoms with Crippen LogP contribution in [0, 0.1) is 10.8 Å². The van der Waals surface area contributed by atoms with E-state index in [0.717, 1.165) is 49.7 Å². The predicted molar refractivity (Wildman–Crippen MR) is 212 cm³/mol. The SMILES string of the molecule is O[C@@H]1c2ccccc2C[C@]1(Cc1ccccc1)C1=Cc2ccccc2C1.O[C@H]1c2ccccc2C[C@]1(Cc1ccccc1)C1=Cc2ccccc2C1. The quantitative estimate of drug-likeness (QED) is 0.184. The molecule has 4 aliphatic rings. The molecule has 4 atom stereocenters. The van der Waals surface area contributed by atoms with Gasteiger partial charge in [0, 0.05) is 10.8 Å². The zero-order valence-electron chi connectivity index (χ0n) is 29.5. The Bertz CT molecular complexity index is 2140. The predicted octanol–water partition coefficient (Wildman–Crippen LogP) is 10.3. The molecule has 0 saturated heterocycles. The molecule has 2 heteroatoms. The molecule has 0 saturated carbocycles. The van der Waals surface area contributed by atoms with Gasteiger partial charge in [-0.25, -0.2) is 0 Å². The van der Waals surface area contributed by atoms with E-state index in [2.05, 4.69) is 158 Å². The molecule has 0 radical (unpaired) electrons. The summed E-state index contributed by atoms with van der Waals surface area (Å²) in [6, 6.07) is 55.2. The van der Waals surface area contributed by atoms with Crippen LogP contribution in [0.25, 0.3) is 12.2 Å². The summed E-state index contributed by atoms with van der Waals surface area (Å²) in [6.07, 6.45) is 9.15. The van der Waals surface area contributed by atoms with E-state index in [0.29, 0.717) is 0 Å². The Hall–Kier alpha value is -5.28. The van der Waals surface area contributed by atoms with E-state index in [4.69, 9.17) is 0 Å². The van der Waals surface area contributed by atoms with Crippen molar-refractivity contribution in [3.63, 3.8) is 0 Å². The highest BCUT2D eigenvalue weighted by Crippen LogP contribution is 2.56. The van der Waals surface area contributed by atoms with Crippen LogP contribution in [-0.4, -0.2) is 10.2 Å². The first kappa shape index (κ1) is 32.6. The van der Waals surface area contributed by atoms with Gasteiger partial charge in [-0.15, -0.1) is 0 Å². The van der Waals surface area contributed by atoms with Crippen molar-refractivity contribution in [2.24, 2.45) is 10.8 Å². The summed E-state index contributed by atoms with van der Waals surface area (Å²) < 4.78 is 0. The van der Waals surface area contributed by atoms with Gasteiger partial charge in [0.05, 0.1) is 12.2 Å². The van der Waals surface area contributed by atoms with Gasteiger partial charge < -0.3 is 10.2 Å². The topological polar surface area (TPSA) is 40.5 Å². The first-order valence-corrected chi connectivity index (χ1v) is 18.7. The lowest BCUT2D eigenvalue weighted by Gasteiger charge is -2.35. The van der Waals surface area contributed by atoms with Crippen molar-refractivity contribution in [1.29, 1.82) is 0 Å². The third-order valence-corrected chi connectivity index (χ3v) is 12.3. The van der Waals surface area contributed by atoms with Gasteiger partial charge in [0.25, 0.3) is 0 Å². The summed E-state index contributed by atoms with van der Waals surface area (Å²) in [5.74, 6) is 0. The van der Waals surface area contributed by atoms with Crippen molar-refractivity contribution in [3.05, 3.63) is 225 Å². The minimum atomic E-state index is -0.459. The Kier molecular flexibility index (Phi) is 8.38. The van der Waals surface area contributed by atoms with Crippen molar-refractivity contribution in [1.82, 2.24) is 0 Å². The summed E-state index contributed by atoms with van der Waals surface area (Å²) in [4.78, 5) is 0. The van der Waals surface area contributed by atoms with Gasteiger partial charge in [0.1, 0.15) is 0 Å². The van der Waals surface area contributed by atoms with Crippen LogP contribution in [0.2, 0.25) is 0 Å². The fourth-order valence-corrected chi connectivity index (χ4v) is 9.64. The number of hydrogen-bond acceptors (Lipinski definition) is 2. The number of rotatable bonds is 6. The average molecular weight is 677 g/mol. The second-order valence-electron chi connectivity index (χ2n) is 15.3. The zero-order valence-corrected chi connectivity index (χ0v) is 29.5. The minimum Gasteiger partial charge on any atom is -0.387 e. The Morgan fingerprint density at radius 2 is 0.750 bits per heavy atom. The lowest BCUT2D eigenvalue weighted by Crippen LogP contribution is -2.31. The first-order valence-electron chi connectivity index (χ1n) is 18.7. The Morgan fingerprint density at radius 3 is 1.13 bits per heavy atom.